The molecule has 6 aromatic heterocycles. The third-order valence-electron chi connectivity index (χ3n) is 35.6. The quantitative estimate of drug-likeness (QED) is 0.141. The molecule has 12 aromatic rings. The van der Waals surface area contributed by atoms with Gasteiger partial charge in [-0.15, -0.1) is 68.0 Å². The monoisotopic (exact) mass is 2170 g/mol. The SMILES string of the molecule is CC1(C)CC(=O)C2=C(Cc3ncsc3[C@@]23CCCc2ccccc23)C1.CC1(C)CC(=O)C2=C(Cc3ncsc3[C@]23CCCCc2ccccc23)C1.CC[C@]1(c2ccc(C)cc2)C2=C(Cc3ncsc31)CC(C)(C)CC2=O.CC[C@]1(c2cccc(Br)c2)C2=C(Cc3ncsc31)CC(C)(C)CC2=O.CC[C@]1(c2ccccc2)C2=C(Cc3nc(C)sc31)CC(C)(C)CC2=O.[2H]c1nc2c(s1)[C@@](CC)(c1ccccc1)C1=C(C2)CC(C)(C)CC1=O. The molecule has 0 unspecified atom stereocenters. The van der Waals surface area contributed by atoms with E-state index in [2.05, 4.69) is 289 Å². The summed E-state index contributed by atoms with van der Waals surface area (Å²) in [6.45, 7) is 39.5. The molecule has 0 N–H and O–H groups in total. The molecular weight excluding hydrogens is 2030 g/mol. The summed E-state index contributed by atoms with van der Waals surface area (Å²) in [6, 6.07) is 55.8. The highest BCUT2D eigenvalue weighted by molar-refractivity contribution is 9.10. The first-order valence-corrected chi connectivity index (χ1v) is 60.8. The predicted octanol–water partition coefficient (Wildman–Crippen LogP) is 32.1. The van der Waals surface area contributed by atoms with E-state index in [0.717, 1.165) is 200 Å². The fourth-order valence-electron chi connectivity index (χ4n) is 30.4. The van der Waals surface area contributed by atoms with E-state index in [-0.39, 0.29) is 65.3 Å². The van der Waals surface area contributed by atoms with Gasteiger partial charge in [0, 0.05) is 144 Å². The average Bonchev–Trinajstić information content (AvgIpc) is 1.40. The number of hydrogen-bond acceptors (Lipinski definition) is 18. The molecule has 6 atom stereocenters. The molecule has 6 heterocycles. The molecule has 0 fully saturated rings. The maximum absolute atomic E-state index is 13.5. The summed E-state index contributed by atoms with van der Waals surface area (Å²) in [5.74, 6) is 2.05. The zero-order valence-electron chi connectivity index (χ0n) is 91.8. The number of fused-ring (bicyclic) bond motifs is 14. The van der Waals surface area contributed by atoms with Crippen molar-refractivity contribution >= 4 is 119 Å². The Morgan fingerprint density at radius 1 is 0.307 bits per heavy atom. The van der Waals surface area contributed by atoms with Crippen molar-refractivity contribution in [3.05, 3.63) is 375 Å². The molecule has 150 heavy (non-hydrogen) atoms. The first-order valence-electron chi connectivity index (χ1n) is 55.3. The summed E-state index contributed by atoms with van der Waals surface area (Å²) in [5, 5.41) is 1.10. The van der Waals surface area contributed by atoms with Gasteiger partial charge in [-0.2, -0.15) is 0 Å². The van der Waals surface area contributed by atoms with E-state index in [4.69, 9.17) is 16.3 Å². The minimum absolute atomic E-state index is 0.00338. The van der Waals surface area contributed by atoms with Crippen molar-refractivity contribution in [2.45, 2.75) is 343 Å². The van der Waals surface area contributed by atoms with Gasteiger partial charge < -0.3 is 0 Å². The fourth-order valence-corrected chi connectivity index (χ4v) is 37.4. The van der Waals surface area contributed by atoms with Crippen molar-refractivity contribution in [3.8, 4) is 0 Å². The zero-order valence-corrected chi connectivity index (χ0v) is 97.3. The molecule has 19 heteroatoms. The highest BCUT2D eigenvalue weighted by Gasteiger charge is 2.59. The largest absolute Gasteiger partial charge is 0.294 e. The number of halogens is 1. The molecule has 0 aliphatic heterocycles. The number of Topliss-reactive ketones (excluding diaryl/α,β-unsaturated/α-hetero) is 6. The number of allylic oxidation sites excluding steroid dienone is 12. The number of ketones is 6. The van der Waals surface area contributed by atoms with Crippen LogP contribution in [0.2, 0.25) is 0 Å². The van der Waals surface area contributed by atoms with Crippen molar-refractivity contribution in [2.75, 3.05) is 0 Å². The standard InChI is InChI=1S/C23H25NOS.C22H23NOS.2C22H25NOS.C21H22BrNOS.C21H23NOS/c1-22(2)12-16-11-18-21(26-14-24-18)23(20(16)19(25)13-22)10-6-5-8-15-7-3-4-9-17(15)23;1-21(2)11-15-10-17-20(25-13-23-17)22(19(15)18(24)12-21)9-5-7-14-6-3-4-8-16(14)22;1-5-22(16-8-6-14(2)7-9-16)19-15(10-17-20(22)25-13-23-17)11-21(3,4)12-18(19)24;1-5-22(16-9-7-6-8-10-16)19-15(12-21(3,4)13-18(19)24)11-17-20(22)25-14(2)23-17;1-4-21(14-6-5-7-15(22)9-14)18-13(8-16-19(21)25-12-23-16)10-20(2,3)11-17(18)24;1-4-21(15-8-6-5-7-9-15)18-14(10-16-19(21)24-13-22-16)11-20(2,3)12-17(18)23/h3-4,7,9,14H,5-6,8,10-13H2,1-2H3;3-4,6,8,13H,5,7,9-12H2,1-2H3;6-9,13H,5,10-12H2,1-4H3;6-10H,5,11-13H2,1-4H3;5-7,9,12H,4,8,10-11H2,1-3H3;5-9,13H,4,10-12H2,1-3H3/t23-;3*22-;2*21-/m010000/s1/i;;;;;13D. The maximum Gasteiger partial charge on any atom is 0.160 e. The van der Waals surface area contributed by atoms with Crippen molar-refractivity contribution in [2.24, 2.45) is 32.5 Å². The van der Waals surface area contributed by atoms with E-state index in [1.807, 2.05) is 46.3 Å². The summed E-state index contributed by atoms with van der Waals surface area (Å²) in [7, 11) is 0. The Labute approximate surface area is 921 Å². The van der Waals surface area contributed by atoms with E-state index in [9.17, 15) is 28.8 Å². The predicted molar refractivity (Wildman–Crippen MR) is 617 cm³/mol. The van der Waals surface area contributed by atoms with Crippen molar-refractivity contribution in [3.63, 3.8) is 0 Å². The highest BCUT2D eigenvalue weighted by Crippen LogP contribution is 2.65. The number of rotatable bonds is 8. The Kier molecular flexibility index (Phi) is 27.9. The highest BCUT2D eigenvalue weighted by atomic mass is 79.9. The zero-order chi connectivity index (χ0) is 106. The van der Waals surface area contributed by atoms with Crippen LogP contribution in [0.25, 0.3) is 0 Å². The van der Waals surface area contributed by atoms with Crippen LogP contribution in [0.5, 0.6) is 0 Å². The second-order valence-electron chi connectivity index (χ2n) is 50.0. The second-order valence-corrected chi connectivity index (χ2v) is 56.3. The van der Waals surface area contributed by atoms with Gasteiger partial charge in [-0.25, -0.2) is 29.9 Å². The van der Waals surface area contributed by atoms with E-state index in [0.29, 0.717) is 72.9 Å². The van der Waals surface area contributed by atoms with Crippen LogP contribution in [0.3, 0.4) is 0 Å². The summed E-state index contributed by atoms with van der Waals surface area (Å²) in [4.78, 5) is 116. The van der Waals surface area contributed by atoms with Crippen LogP contribution in [-0.2, 0) is 113 Å². The van der Waals surface area contributed by atoms with E-state index in [1.165, 1.54) is 149 Å². The van der Waals surface area contributed by atoms with Crippen LogP contribution in [0.15, 0.2) is 257 Å². The number of aromatic nitrogens is 6. The Morgan fingerprint density at radius 3 is 1.01 bits per heavy atom. The van der Waals surface area contributed by atoms with Crippen LogP contribution in [0, 0.1) is 46.3 Å². The lowest BCUT2D eigenvalue weighted by Gasteiger charge is -2.47. The molecule has 0 amide bonds. The minimum atomic E-state index is -0.436. The number of nitrogens with zero attached hydrogens (tertiary/aromatic N) is 6. The number of aryl methyl sites for hydroxylation is 4. The van der Waals surface area contributed by atoms with Gasteiger partial charge in [-0.05, 0) is 206 Å². The molecule has 0 bridgehead atoms. The Hall–Kier alpha value is -9.96. The van der Waals surface area contributed by atoms with Gasteiger partial charge in [0.1, 0.15) is 0 Å². The normalized spacial score (nSPS) is 25.8. The van der Waals surface area contributed by atoms with Gasteiger partial charge in [0.2, 0.25) is 0 Å². The molecule has 0 saturated heterocycles. The van der Waals surface area contributed by atoms with Crippen LogP contribution in [-0.4, -0.2) is 64.6 Å². The molecule has 6 aromatic carbocycles. The topological polar surface area (TPSA) is 180 Å². The molecule has 14 aliphatic rings. The number of carbonyl (C=O) groups excluding carboxylic acids is 6. The Morgan fingerprint density at radius 2 is 0.613 bits per heavy atom. The van der Waals surface area contributed by atoms with Crippen LogP contribution >= 0.6 is 84.0 Å². The van der Waals surface area contributed by atoms with E-state index >= 15 is 0 Å². The summed E-state index contributed by atoms with van der Waals surface area (Å²) >= 11 is 13.8. The first kappa shape index (κ1) is 104. The van der Waals surface area contributed by atoms with Crippen LogP contribution in [0.1, 0.15) is 365 Å². The van der Waals surface area contributed by atoms with E-state index < -0.39 is 5.41 Å². The molecular formula is C131H143BrN6O6S6. The van der Waals surface area contributed by atoms with Crippen LogP contribution < -0.4 is 0 Å². The summed E-state index contributed by atoms with van der Waals surface area (Å²) in [6.07, 6.45) is 26.2. The van der Waals surface area contributed by atoms with Crippen molar-refractivity contribution in [1.29, 1.82) is 0 Å². The average molecular weight is 2170 g/mol. The fraction of sp³-hybridized carbons (Fsp3) is 0.450. The number of benzene rings is 6. The smallest absolute Gasteiger partial charge is 0.160 e. The number of thiazole rings is 6. The molecule has 12 nitrogen and oxygen atoms in total. The van der Waals surface area contributed by atoms with Crippen molar-refractivity contribution < 1.29 is 30.1 Å². The molecule has 0 radical (unpaired) electrons. The lowest BCUT2D eigenvalue weighted by molar-refractivity contribution is -0.119. The van der Waals surface area contributed by atoms with Gasteiger partial charge in [-0.3, -0.25) is 28.8 Å². The van der Waals surface area contributed by atoms with Crippen molar-refractivity contribution in [1.82, 2.24) is 29.9 Å². The maximum atomic E-state index is 13.5. The molecule has 2 spiro atoms. The summed E-state index contributed by atoms with van der Waals surface area (Å²) in [5.41, 5.74) is 39.7. The lowest BCUT2D eigenvalue weighted by atomic mass is 9.56. The van der Waals surface area contributed by atoms with E-state index in [1.54, 1.807) is 56.7 Å². The van der Waals surface area contributed by atoms with Gasteiger partial charge in [0.25, 0.3) is 0 Å². The second kappa shape index (κ2) is 40.1. The van der Waals surface area contributed by atoms with Gasteiger partial charge in [0.05, 0.1) is 101 Å². The Bertz CT molecular complexity index is 7530. The number of hydrogen-bond donors (Lipinski definition) is 0. The molecule has 0 saturated carbocycles. The lowest BCUT2D eigenvalue weighted by Crippen LogP contribution is -2.44. The van der Waals surface area contributed by atoms with Gasteiger partial charge in [-0.1, -0.05) is 318 Å². The van der Waals surface area contributed by atoms with Gasteiger partial charge in [0.15, 0.2) is 34.7 Å². The third kappa shape index (κ3) is 18.2. The molecule has 14 aliphatic carbocycles. The molecule has 26 rings (SSSR count). The summed E-state index contributed by atoms with van der Waals surface area (Å²) < 4.78 is 9.15. The number of carbonyl (C=O) groups is 6. The van der Waals surface area contributed by atoms with Gasteiger partial charge >= 0.3 is 0 Å². The first-order chi connectivity index (χ1) is 72.0. The Balaban J connectivity index is 0.000000106. The molecule has 776 valence electrons. The van der Waals surface area contributed by atoms with Crippen LogP contribution in [0.4, 0.5) is 0 Å². The third-order valence-corrected chi connectivity index (χ3v) is 42.4. The minimum Gasteiger partial charge on any atom is -0.294 e.